The molecule has 0 bridgehead atoms. The Morgan fingerprint density at radius 3 is 2.38 bits per heavy atom. The van der Waals surface area contributed by atoms with Gasteiger partial charge in [-0.15, -0.1) is 0 Å². The molecule has 0 unspecified atom stereocenters. The second kappa shape index (κ2) is 5.97. The van der Waals surface area contributed by atoms with Gasteiger partial charge in [0.2, 0.25) is 0 Å². The molecule has 1 amide bonds. The second-order valence-electron chi connectivity index (χ2n) is 4.48. The van der Waals surface area contributed by atoms with Crippen molar-refractivity contribution in [1.29, 1.82) is 0 Å². The Morgan fingerprint density at radius 2 is 1.76 bits per heavy atom. The van der Waals surface area contributed by atoms with Crippen LogP contribution < -0.4 is 9.46 Å². The molecule has 0 saturated heterocycles. The van der Waals surface area contributed by atoms with Crippen LogP contribution in [0.4, 0.5) is 0 Å². The highest BCUT2D eigenvalue weighted by Crippen LogP contribution is 2.14. The summed E-state index contributed by atoms with van der Waals surface area (Å²) in [6.07, 6.45) is 0. The first-order chi connectivity index (χ1) is 9.92. The molecule has 1 N–H and O–H groups in total. The Balaban J connectivity index is 2.23. The molecule has 2 aromatic carbocycles. The molecule has 0 atom stereocenters. The molecule has 5 nitrogen and oxygen atoms in total. The first-order valence-corrected chi connectivity index (χ1v) is 7.68. The molecule has 0 aliphatic carbocycles. The number of nitrogens with one attached hydrogen (secondary N) is 1. The van der Waals surface area contributed by atoms with Gasteiger partial charge in [0.05, 0.1) is 12.0 Å². The van der Waals surface area contributed by atoms with E-state index in [1.54, 1.807) is 24.3 Å². The van der Waals surface area contributed by atoms with Crippen molar-refractivity contribution in [3.05, 3.63) is 59.7 Å². The van der Waals surface area contributed by atoms with Crippen molar-refractivity contribution in [3.63, 3.8) is 0 Å². The van der Waals surface area contributed by atoms with Gasteiger partial charge < -0.3 is 4.74 Å². The largest absolute Gasteiger partial charge is 0.497 e. The van der Waals surface area contributed by atoms with Crippen LogP contribution in [0.3, 0.4) is 0 Å². The van der Waals surface area contributed by atoms with E-state index < -0.39 is 15.9 Å². The summed E-state index contributed by atoms with van der Waals surface area (Å²) >= 11 is 0. The van der Waals surface area contributed by atoms with Gasteiger partial charge in [0.25, 0.3) is 15.9 Å². The average Bonchev–Trinajstić information content (AvgIpc) is 2.47. The van der Waals surface area contributed by atoms with Crippen LogP contribution in [-0.4, -0.2) is 21.4 Å². The minimum Gasteiger partial charge on any atom is -0.497 e. The average molecular weight is 305 g/mol. The van der Waals surface area contributed by atoms with Crippen LogP contribution >= 0.6 is 0 Å². The lowest BCUT2D eigenvalue weighted by Crippen LogP contribution is -2.30. The number of rotatable bonds is 4. The molecule has 0 aliphatic heterocycles. The molecular formula is C15H15NO4S. The smallest absolute Gasteiger partial charge is 0.265 e. The number of carbonyl (C=O) groups is 1. The Bertz CT molecular complexity index is 751. The summed E-state index contributed by atoms with van der Waals surface area (Å²) in [5.74, 6) is -0.218. The lowest BCUT2D eigenvalue weighted by atomic mass is 10.2. The third-order valence-corrected chi connectivity index (χ3v) is 4.24. The second-order valence-corrected chi connectivity index (χ2v) is 6.16. The van der Waals surface area contributed by atoms with Crippen molar-refractivity contribution in [3.8, 4) is 5.75 Å². The molecule has 110 valence electrons. The highest BCUT2D eigenvalue weighted by atomic mass is 32.2. The monoisotopic (exact) mass is 305 g/mol. The maximum absolute atomic E-state index is 12.1. The van der Waals surface area contributed by atoms with Crippen LogP contribution in [0.15, 0.2) is 53.4 Å². The van der Waals surface area contributed by atoms with E-state index in [-0.39, 0.29) is 10.5 Å². The number of ether oxygens (including phenoxy) is 1. The molecule has 0 aliphatic rings. The number of amides is 1. The third-order valence-electron chi connectivity index (χ3n) is 2.89. The number of carbonyl (C=O) groups excluding carboxylic acids is 1. The summed E-state index contributed by atoms with van der Waals surface area (Å²) in [6.45, 7) is 1.85. The van der Waals surface area contributed by atoms with E-state index in [1.807, 2.05) is 11.6 Å². The predicted molar refractivity (Wildman–Crippen MR) is 78.8 cm³/mol. The number of aryl methyl sites for hydroxylation is 1. The van der Waals surface area contributed by atoms with Gasteiger partial charge in [-0.1, -0.05) is 23.8 Å². The number of hydrogen-bond acceptors (Lipinski definition) is 4. The summed E-state index contributed by atoms with van der Waals surface area (Å²) in [5, 5.41) is 0. The SMILES string of the molecule is COc1cccc(C(=O)NS(=O)(=O)c2ccc(C)cc2)c1. The van der Waals surface area contributed by atoms with Crippen molar-refractivity contribution < 1.29 is 17.9 Å². The molecule has 6 heteroatoms. The van der Waals surface area contributed by atoms with E-state index in [0.29, 0.717) is 5.75 Å². The van der Waals surface area contributed by atoms with E-state index in [4.69, 9.17) is 4.74 Å². The molecule has 0 spiro atoms. The molecule has 0 aromatic heterocycles. The zero-order valence-corrected chi connectivity index (χ0v) is 12.5. The van der Waals surface area contributed by atoms with Gasteiger partial charge in [-0.2, -0.15) is 0 Å². The molecule has 0 fully saturated rings. The summed E-state index contributed by atoms with van der Waals surface area (Å²) in [5.41, 5.74) is 1.15. The summed E-state index contributed by atoms with van der Waals surface area (Å²) in [4.78, 5) is 12.1. The normalized spacial score (nSPS) is 11.0. The molecular weight excluding hydrogens is 290 g/mol. The zero-order valence-electron chi connectivity index (χ0n) is 11.7. The number of sulfonamides is 1. The van der Waals surface area contributed by atoms with Gasteiger partial charge >= 0.3 is 0 Å². The maximum Gasteiger partial charge on any atom is 0.265 e. The fourth-order valence-electron chi connectivity index (χ4n) is 1.72. The summed E-state index contributed by atoms with van der Waals surface area (Å²) < 4.78 is 31.3. The topological polar surface area (TPSA) is 72.5 Å². The molecule has 2 rings (SSSR count). The predicted octanol–water partition coefficient (Wildman–Crippen LogP) is 2.12. The van der Waals surface area contributed by atoms with E-state index in [1.165, 1.54) is 31.4 Å². The van der Waals surface area contributed by atoms with Gasteiger partial charge in [0.1, 0.15) is 5.75 Å². The van der Waals surface area contributed by atoms with Crippen molar-refractivity contribution in [2.24, 2.45) is 0 Å². The van der Waals surface area contributed by atoms with Gasteiger partial charge in [0.15, 0.2) is 0 Å². The molecule has 0 saturated carbocycles. The van der Waals surface area contributed by atoms with Crippen LogP contribution in [0.1, 0.15) is 15.9 Å². The Labute approximate surface area is 123 Å². The first-order valence-electron chi connectivity index (χ1n) is 6.20. The number of methoxy groups -OCH3 is 1. The fraction of sp³-hybridized carbons (Fsp3) is 0.133. The van der Waals surface area contributed by atoms with Crippen molar-refractivity contribution in [2.75, 3.05) is 7.11 Å². The summed E-state index contributed by atoms with van der Waals surface area (Å²) in [7, 11) is -2.41. The molecule has 21 heavy (non-hydrogen) atoms. The van der Waals surface area contributed by atoms with Crippen LogP contribution in [0.25, 0.3) is 0 Å². The van der Waals surface area contributed by atoms with Crippen LogP contribution in [0, 0.1) is 6.92 Å². The third kappa shape index (κ3) is 3.61. The van der Waals surface area contributed by atoms with Crippen molar-refractivity contribution >= 4 is 15.9 Å². The highest BCUT2D eigenvalue weighted by Gasteiger charge is 2.18. The minimum atomic E-state index is -3.88. The lowest BCUT2D eigenvalue weighted by Gasteiger charge is -2.08. The Hall–Kier alpha value is -2.34. The van der Waals surface area contributed by atoms with Gasteiger partial charge in [0, 0.05) is 5.56 Å². The van der Waals surface area contributed by atoms with Gasteiger partial charge in [-0.25, -0.2) is 13.1 Å². The Morgan fingerprint density at radius 1 is 1.10 bits per heavy atom. The first kappa shape index (κ1) is 15.1. The summed E-state index contributed by atoms with van der Waals surface area (Å²) in [6, 6.07) is 12.5. The maximum atomic E-state index is 12.1. The molecule has 2 aromatic rings. The molecule has 0 radical (unpaired) electrons. The fourth-order valence-corrected chi connectivity index (χ4v) is 2.70. The molecule has 0 heterocycles. The minimum absolute atomic E-state index is 0.0457. The Kier molecular flexibility index (Phi) is 4.28. The van der Waals surface area contributed by atoms with E-state index in [2.05, 4.69) is 0 Å². The standard InChI is InChI=1S/C15H15NO4S/c1-11-6-8-14(9-7-11)21(18,19)16-15(17)12-4-3-5-13(10-12)20-2/h3-10H,1-2H3,(H,16,17). The van der Waals surface area contributed by atoms with Gasteiger partial charge in [-0.3, -0.25) is 4.79 Å². The highest BCUT2D eigenvalue weighted by molar-refractivity contribution is 7.90. The zero-order chi connectivity index (χ0) is 15.5. The van der Waals surface area contributed by atoms with E-state index in [9.17, 15) is 13.2 Å². The quantitative estimate of drug-likeness (QED) is 0.939. The van der Waals surface area contributed by atoms with Crippen molar-refractivity contribution in [1.82, 2.24) is 4.72 Å². The number of hydrogen-bond donors (Lipinski definition) is 1. The van der Waals surface area contributed by atoms with Crippen molar-refractivity contribution in [2.45, 2.75) is 11.8 Å². The van der Waals surface area contributed by atoms with Crippen LogP contribution in [-0.2, 0) is 10.0 Å². The van der Waals surface area contributed by atoms with E-state index >= 15 is 0 Å². The number of benzene rings is 2. The lowest BCUT2D eigenvalue weighted by molar-refractivity contribution is 0.0981. The van der Waals surface area contributed by atoms with Gasteiger partial charge in [-0.05, 0) is 37.3 Å². The van der Waals surface area contributed by atoms with Crippen LogP contribution in [0.2, 0.25) is 0 Å². The van der Waals surface area contributed by atoms with Crippen LogP contribution in [0.5, 0.6) is 5.75 Å². The van der Waals surface area contributed by atoms with E-state index in [0.717, 1.165) is 5.56 Å².